The van der Waals surface area contributed by atoms with Crippen LogP contribution in [0.4, 0.5) is 11.5 Å². The van der Waals surface area contributed by atoms with Crippen LogP contribution in [0.25, 0.3) is 0 Å². The normalized spacial score (nSPS) is 14.7. The number of aromatic nitrogens is 1. The van der Waals surface area contributed by atoms with Crippen molar-refractivity contribution in [2.45, 2.75) is 0 Å². The van der Waals surface area contributed by atoms with Gasteiger partial charge in [0.25, 0.3) is 5.91 Å². The van der Waals surface area contributed by atoms with Gasteiger partial charge in [0.1, 0.15) is 11.6 Å². The summed E-state index contributed by atoms with van der Waals surface area (Å²) in [5.41, 5.74) is 6.95. The van der Waals surface area contributed by atoms with Gasteiger partial charge < -0.3 is 20.3 Å². The lowest BCUT2D eigenvalue weighted by Crippen LogP contribution is -2.49. The predicted octanol–water partition coefficient (Wildman–Crippen LogP) is 1.63. The molecule has 1 aromatic carbocycles. The Bertz CT molecular complexity index is 682. The van der Waals surface area contributed by atoms with Crippen LogP contribution in [0.15, 0.2) is 42.6 Å². The summed E-state index contributed by atoms with van der Waals surface area (Å²) in [6.07, 6.45) is 1.78. The lowest BCUT2D eigenvalue weighted by atomic mass is 10.1. The molecule has 2 N–H and O–H groups in total. The van der Waals surface area contributed by atoms with Gasteiger partial charge in [0, 0.05) is 44.1 Å². The maximum Gasteiger partial charge on any atom is 0.256 e. The number of amides is 1. The number of methoxy groups -OCH3 is 1. The Kier molecular flexibility index (Phi) is 4.32. The third kappa shape index (κ3) is 3.21. The second-order valence-electron chi connectivity index (χ2n) is 5.42. The summed E-state index contributed by atoms with van der Waals surface area (Å²) in [6, 6.07) is 11.0. The van der Waals surface area contributed by atoms with Crippen molar-refractivity contribution >= 4 is 17.4 Å². The fourth-order valence-electron chi connectivity index (χ4n) is 2.71. The first kappa shape index (κ1) is 15.1. The van der Waals surface area contributed by atoms with Crippen LogP contribution in [-0.2, 0) is 0 Å². The first-order valence-corrected chi connectivity index (χ1v) is 7.58. The molecule has 2 heterocycles. The van der Waals surface area contributed by atoms with Crippen LogP contribution in [0.5, 0.6) is 5.75 Å². The van der Waals surface area contributed by atoms with Gasteiger partial charge >= 0.3 is 0 Å². The molecule has 6 heteroatoms. The van der Waals surface area contributed by atoms with E-state index in [0.717, 1.165) is 18.9 Å². The molecule has 2 aromatic rings. The van der Waals surface area contributed by atoms with Gasteiger partial charge in [-0.3, -0.25) is 4.79 Å². The molecule has 0 aliphatic carbocycles. The monoisotopic (exact) mass is 312 g/mol. The zero-order chi connectivity index (χ0) is 16.2. The van der Waals surface area contributed by atoms with E-state index in [4.69, 9.17) is 10.5 Å². The van der Waals surface area contributed by atoms with Gasteiger partial charge in [-0.25, -0.2) is 4.98 Å². The fraction of sp³-hybridized carbons (Fsp3) is 0.294. The Hall–Kier alpha value is -2.76. The second kappa shape index (κ2) is 6.56. The van der Waals surface area contributed by atoms with E-state index in [2.05, 4.69) is 9.88 Å². The van der Waals surface area contributed by atoms with Crippen molar-refractivity contribution in [3.63, 3.8) is 0 Å². The third-order valence-corrected chi connectivity index (χ3v) is 4.03. The Morgan fingerprint density at radius 3 is 2.57 bits per heavy atom. The third-order valence-electron chi connectivity index (χ3n) is 4.03. The number of carbonyl (C=O) groups is 1. The summed E-state index contributed by atoms with van der Waals surface area (Å²) in [7, 11) is 1.58. The van der Waals surface area contributed by atoms with Crippen molar-refractivity contribution in [1.82, 2.24) is 9.88 Å². The minimum absolute atomic E-state index is 0.0363. The number of benzene rings is 1. The molecule has 23 heavy (non-hydrogen) atoms. The average molecular weight is 312 g/mol. The summed E-state index contributed by atoms with van der Waals surface area (Å²) >= 11 is 0. The molecular formula is C17H20N4O2. The molecule has 0 saturated carbocycles. The molecule has 3 rings (SSSR count). The molecule has 0 unspecified atom stereocenters. The van der Waals surface area contributed by atoms with E-state index in [9.17, 15) is 4.79 Å². The highest BCUT2D eigenvalue weighted by atomic mass is 16.5. The number of nitrogen functional groups attached to an aromatic ring is 1. The topological polar surface area (TPSA) is 71.7 Å². The fourth-order valence-corrected chi connectivity index (χ4v) is 2.71. The maximum absolute atomic E-state index is 12.6. The summed E-state index contributed by atoms with van der Waals surface area (Å²) < 4.78 is 5.12. The van der Waals surface area contributed by atoms with Gasteiger partial charge in [0.15, 0.2) is 0 Å². The summed E-state index contributed by atoms with van der Waals surface area (Å²) in [5.74, 6) is 1.56. The zero-order valence-electron chi connectivity index (χ0n) is 13.1. The van der Waals surface area contributed by atoms with Crippen LogP contribution in [-0.4, -0.2) is 49.1 Å². The molecule has 1 aliphatic rings. The smallest absolute Gasteiger partial charge is 0.256 e. The molecule has 0 atom stereocenters. The molecule has 120 valence electrons. The number of carbonyl (C=O) groups excluding carboxylic acids is 1. The highest BCUT2D eigenvalue weighted by molar-refractivity contribution is 5.99. The molecule has 0 radical (unpaired) electrons. The van der Waals surface area contributed by atoms with Crippen LogP contribution in [0.2, 0.25) is 0 Å². The van der Waals surface area contributed by atoms with Gasteiger partial charge in [-0.05, 0) is 24.3 Å². The van der Waals surface area contributed by atoms with Crippen LogP contribution in [0.1, 0.15) is 10.4 Å². The number of hydrogen-bond acceptors (Lipinski definition) is 5. The van der Waals surface area contributed by atoms with Crippen molar-refractivity contribution in [3.8, 4) is 5.75 Å². The van der Waals surface area contributed by atoms with Crippen molar-refractivity contribution in [2.24, 2.45) is 0 Å². The molecule has 1 saturated heterocycles. The number of rotatable bonds is 3. The number of nitrogens with two attached hydrogens (primary N) is 1. The minimum atomic E-state index is -0.0363. The number of anilines is 2. The van der Waals surface area contributed by atoms with Crippen LogP contribution in [0.3, 0.4) is 0 Å². The van der Waals surface area contributed by atoms with Gasteiger partial charge in [0.2, 0.25) is 0 Å². The average Bonchev–Trinajstić information content (AvgIpc) is 2.62. The first-order valence-electron chi connectivity index (χ1n) is 7.58. The molecule has 1 aliphatic heterocycles. The van der Waals surface area contributed by atoms with Gasteiger partial charge in [-0.2, -0.15) is 0 Å². The molecular weight excluding hydrogens is 292 g/mol. The number of pyridine rings is 1. The van der Waals surface area contributed by atoms with Crippen LogP contribution in [0, 0.1) is 0 Å². The Balaban J connectivity index is 1.66. The van der Waals surface area contributed by atoms with Crippen LogP contribution < -0.4 is 15.4 Å². The highest BCUT2D eigenvalue weighted by Gasteiger charge is 2.24. The van der Waals surface area contributed by atoms with Crippen molar-refractivity contribution in [2.75, 3.05) is 43.9 Å². The molecule has 1 aromatic heterocycles. The minimum Gasteiger partial charge on any atom is -0.497 e. The van der Waals surface area contributed by atoms with E-state index in [1.165, 1.54) is 0 Å². The Morgan fingerprint density at radius 1 is 1.17 bits per heavy atom. The van der Waals surface area contributed by atoms with Crippen LogP contribution >= 0.6 is 0 Å². The van der Waals surface area contributed by atoms with E-state index < -0.39 is 0 Å². The van der Waals surface area contributed by atoms with Crippen molar-refractivity contribution in [3.05, 3.63) is 48.2 Å². The van der Waals surface area contributed by atoms with E-state index in [1.54, 1.807) is 31.5 Å². The van der Waals surface area contributed by atoms with Crippen molar-refractivity contribution in [1.29, 1.82) is 0 Å². The predicted molar refractivity (Wildman–Crippen MR) is 89.8 cm³/mol. The quantitative estimate of drug-likeness (QED) is 0.872. The number of nitrogens with zero attached hydrogens (tertiary/aromatic N) is 3. The second-order valence-corrected chi connectivity index (χ2v) is 5.42. The zero-order valence-corrected chi connectivity index (χ0v) is 13.1. The highest BCUT2D eigenvalue weighted by Crippen LogP contribution is 2.22. The molecule has 1 fully saturated rings. The number of piperazine rings is 1. The standard InChI is InChI=1S/C17H20N4O2/c1-23-13-5-6-14(15(18)12-13)17(22)21-10-8-20(9-11-21)16-4-2-3-7-19-16/h2-7,12H,8-11,18H2,1H3. The van der Waals surface area contributed by atoms with E-state index in [1.807, 2.05) is 23.1 Å². The largest absolute Gasteiger partial charge is 0.497 e. The maximum atomic E-state index is 12.6. The lowest BCUT2D eigenvalue weighted by molar-refractivity contribution is 0.0747. The van der Waals surface area contributed by atoms with Crippen molar-refractivity contribution < 1.29 is 9.53 Å². The van der Waals surface area contributed by atoms with E-state index in [0.29, 0.717) is 30.1 Å². The SMILES string of the molecule is COc1ccc(C(=O)N2CCN(c3ccccn3)CC2)c(N)c1. The van der Waals surface area contributed by atoms with Gasteiger partial charge in [-0.1, -0.05) is 6.07 Å². The molecule has 0 spiro atoms. The van der Waals surface area contributed by atoms with E-state index >= 15 is 0 Å². The molecule has 0 bridgehead atoms. The first-order chi connectivity index (χ1) is 11.2. The summed E-state index contributed by atoms with van der Waals surface area (Å²) in [4.78, 5) is 21.0. The molecule has 6 nitrogen and oxygen atoms in total. The number of hydrogen-bond donors (Lipinski definition) is 1. The Morgan fingerprint density at radius 2 is 1.96 bits per heavy atom. The lowest BCUT2D eigenvalue weighted by Gasteiger charge is -2.35. The summed E-state index contributed by atoms with van der Waals surface area (Å²) in [5, 5.41) is 0. The number of ether oxygens (including phenoxy) is 1. The Labute approximate surface area is 135 Å². The van der Waals surface area contributed by atoms with E-state index in [-0.39, 0.29) is 5.91 Å². The molecule has 1 amide bonds. The summed E-state index contributed by atoms with van der Waals surface area (Å²) in [6.45, 7) is 2.83. The van der Waals surface area contributed by atoms with Gasteiger partial charge in [-0.15, -0.1) is 0 Å². The van der Waals surface area contributed by atoms with Gasteiger partial charge in [0.05, 0.1) is 12.7 Å².